The van der Waals surface area contributed by atoms with Gasteiger partial charge in [0.25, 0.3) is 0 Å². The van der Waals surface area contributed by atoms with Crippen molar-refractivity contribution >= 4 is 43.5 Å². The fourth-order valence-electron chi connectivity index (χ4n) is 2.86. The van der Waals surface area contributed by atoms with Crippen LogP contribution in [0, 0.1) is 0 Å². The van der Waals surface area contributed by atoms with E-state index < -0.39 is 11.3 Å². The van der Waals surface area contributed by atoms with E-state index in [9.17, 15) is 9.59 Å². The van der Waals surface area contributed by atoms with Crippen molar-refractivity contribution in [1.29, 1.82) is 0 Å². The number of fused-ring (bicyclic) bond motifs is 4. The number of nitrogens with zero attached hydrogens (tertiary/aromatic N) is 1. The Bertz CT molecular complexity index is 1360. The lowest BCUT2D eigenvalue weighted by Gasteiger charge is -2.02. The zero-order valence-corrected chi connectivity index (χ0v) is 13.5. The minimum Gasteiger partial charge on any atom is -0.422 e. The Kier molecular flexibility index (Phi) is 2.89. The first kappa shape index (κ1) is 14.1. The molecule has 3 aromatic heterocycles. The number of thiazole rings is 1. The van der Waals surface area contributed by atoms with Crippen molar-refractivity contribution in [1.82, 2.24) is 4.98 Å². The molecule has 3 heterocycles. The monoisotopic (exact) mass is 347 g/mol. The first-order valence-electron chi connectivity index (χ1n) is 7.56. The van der Waals surface area contributed by atoms with E-state index in [1.54, 1.807) is 24.3 Å². The third-order valence-corrected chi connectivity index (χ3v) is 5.10. The molecule has 2 aromatic carbocycles. The van der Waals surface area contributed by atoms with E-state index in [1.807, 2.05) is 24.3 Å². The van der Waals surface area contributed by atoms with Crippen LogP contribution < -0.4 is 11.3 Å². The lowest BCUT2D eigenvalue weighted by atomic mass is 10.1. The quantitative estimate of drug-likeness (QED) is 0.336. The number of benzene rings is 2. The fourth-order valence-corrected chi connectivity index (χ4v) is 3.83. The molecule has 0 spiro atoms. The summed E-state index contributed by atoms with van der Waals surface area (Å²) in [5.74, 6) is 0. The summed E-state index contributed by atoms with van der Waals surface area (Å²) in [6.07, 6.45) is 0. The molecule has 0 unspecified atom stereocenters. The summed E-state index contributed by atoms with van der Waals surface area (Å²) in [6, 6.07) is 16.1. The van der Waals surface area contributed by atoms with E-state index in [2.05, 4.69) is 4.98 Å². The Morgan fingerprint density at radius 2 is 1.64 bits per heavy atom. The highest BCUT2D eigenvalue weighted by Crippen LogP contribution is 2.30. The molecular formula is C19H9NO4S. The minimum absolute atomic E-state index is 0.229. The van der Waals surface area contributed by atoms with Crippen LogP contribution in [-0.2, 0) is 0 Å². The third-order valence-electron chi connectivity index (χ3n) is 4.03. The van der Waals surface area contributed by atoms with Gasteiger partial charge >= 0.3 is 11.3 Å². The van der Waals surface area contributed by atoms with Crippen LogP contribution in [0.3, 0.4) is 0 Å². The smallest absolute Gasteiger partial charge is 0.347 e. The highest BCUT2D eigenvalue weighted by atomic mass is 32.1. The molecule has 0 bridgehead atoms. The predicted molar refractivity (Wildman–Crippen MR) is 97.1 cm³/mol. The van der Waals surface area contributed by atoms with E-state index >= 15 is 0 Å². The average molecular weight is 347 g/mol. The molecule has 5 nitrogen and oxygen atoms in total. The summed E-state index contributed by atoms with van der Waals surface area (Å²) in [4.78, 5) is 29.3. The zero-order valence-electron chi connectivity index (χ0n) is 12.7. The largest absolute Gasteiger partial charge is 0.422 e. The van der Waals surface area contributed by atoms with Crippen LogP contribution in [0.25, 0.3) is 42.7 Å². The Morgan fingerprint density at radius 1 is 0.840 bits per heavy atom. The Labute approximate surface area is 143 Å². The summed E-state index contributed by atoms with van der Waals surface area (Å²) in [5, 5.41) is 1.34. The Balaban J connectivity index is 1.87. The van der Waals surface area contributed by atoms with Crippen LogP contribution in [0.5, 0.6) is 0 Å². The summed E-state index contributed by atoms with van der Waals surface area (Å²) in [5.41, 5.74) is 0.614. The van der Waals surface area contributed by atoms with Gasteiger partial charge in [-0.05, 0) is 30.3 Å². The predicted octanol–water partition coefficient (Wildman–Crippen LogP) is 4.18. The van der Waals surface area contributed by atoms with E-state index in [-0.39, 0.29) is 16.5 Å². The minimum atomic E-state index is -0.542. The highest BCUT2D eigenvalue weighted by molar-refractivity contribution is 7.21. The lowest BCUT2D eigenvalue weighted by Crippen LogP contribution is -2.07. The molecule has 0 saturated carbocycles. The first-order chi connectivity index (χ1) is 12.2. The molecule has 0 aliphatic rings. The standard InChI is InChI=1S/C19H9NO4S/c21-18-11-9-12(17-20-13-6-2-4-8-15(13)25-17)19(22)24-16(11)10-5-1-3-7-14(10)23-18/h1-9H. The normalized spacial score (nSPS) is 11.5. The van der Waals surface area contributed by atoms with Crippen LogP contribution in [0.4, 0.5) is 0 Å². The topological polar surface area (TPSA) is 73.3 Å². The van der Waals surface area contributed by atoms with Gasteiger partial charge in [-0.15, -0.1) is 11.3 Å². The summed E-state index contributed by atoms with van der Waals surface area (Å²) in [6.45, 7) is 0. The second-order valence-corrected chi connectivity index (χ2v) is 6.59. The van der Waals surface area contributed by atoms with Gasteiger partial charge < -0.3 is 8.83 Å². The van der Waals surface area contributed by atoms with Crippen LogP contribution in [0.15, 0.2) is 73.0 Å². The van der Waals surface area contributed by atoms with Gasteiger partial charge in [0.05, 0.1) is 21.2 Å². The van der Waals surface area contributed by atoms with Crippen molar-refractivity contribution in [2.24, 2.45) is 0 Å². The second kappa shape index (κ2) is 5.12. The zero-order chi connectivity index (χ0) is 17.0. The molecule has 0 amide bonds. The van der Waals surface area contributed by atoms with E-state index in [0.29, 0.717) is 16.0 Å². The van der Waals surface area contributed by atoms with E-state index in [0.717, 1.165) is 10.2 Å². The van der Waals surface area contributed by atoms with Crippen molar-refractivity contribution in [2.75, 3.05) is 0 Å². The summed E-state index contributed by atoms with van der Waals surface area (Å²) < 4.78 is 11.8. The van der Waals surface area contributed by atoms with Gasteiger partial charge in [0.15, 0.2) is 5.58 Å². The molecule has 0 fully saturated rings. The second-order valence-electron chi connectivity index (χ2n) is 5.56. The number of aromatic nitrogens is 1. The van der Waals surface area contributed by atoms with Gasteiger partial charge in [0.2, 0.25) is 0 Å². The fraction of sp³-hybridized carbons (Fsp3) is 0. The Morgan fingerprint density at radius 3 is 2.52 bits per heavy atom. The van der Waals surface area contributed by atoms with Gasteiger partial charge in [-0.2, -0.15) is 0 Å². The van der Waals surface area contributed by atoms with E-state index in [1.165, 1.54) is 17.4 Å². The average Bonchev–Trinajstić information content (AvgIpc) is 3.05. The highest BCUT2D eigenvalue weighted by Gasteiger charge is 2.16. The molecule has 0 saturated heterocycles. The summed E-state index contributed by atoms with van der Waals surface area (Å²) in [7, 11) is 0. The van der Waals surface area contributed by atoms with Gasteiger partial charge in [-0.25, -0.2) is 14.6 Å². The molecule has 0 radical (unpaired) electrons. The van der Waals surface area contributed by atoms with Gasteiger partial charge in [-0.3, -0.25) is 0 Å². The first-order valence-corrected chi connectivity index (χ1v) is 8.38. The van der Waals surface area contributed by atoms with Crippen molar-refractivity contribution in [3.8, 4) is 10.6 Å². The van der Waals surface area contributed by atoms with Crippen molar-refractivity contribution < 1.29 is 8.83 Å². The number of para-hydroxylation sites is 2. The molecule has 5 aromatic rings. The van der Waals surface area contributed by atoms with Crippen LogP contribution in [-0.4, -0.2) is 4.98 Å². The maximum atomic E-state index is 12.5. The van der Waals surface area contributed by atoms with Gasteiger partial charge in [0, 0.05) is 0 Å². The maximum absolute atomic E-state index is 12.5. The lowest BCUT2D eigenvalue weighted by molar-refractivity contribution is 0.544. The molecule has 0 aliphatic heterocycles. The van der Waals surface area contributed by atoms with Crippen LogP contribution >= 0.6 is 11.3 Å². The third kappa shape index (κ3) is 2.11. The SMILES string of the molecule is O=c1oc2c(cc1-c1nc3ccccc3s1)c(=O)oc1ccccc12. The van der Waals surface area contributed by atoms with Crippen LogP contribution in [0.2, 0.25) is 0 Å². The van der Waals surface area contributed by atoms with Crippen molar-refractivity contribution in [2.45, 2.75) is 0 Å². The molecule has 6 heteroatoms. The van der Waals surface area contributed by atoms with Crippen molar-refractivity contribution in [3.05, 3.63) is 75.4 Å². The molecular weight excluding hydrogens is 338 g/mol. The molecule has 0 N–H and O–H groups in total. The maximum Gasteiger partial charge on any atom is 0.347 e. The molecule has 5 rings (SSSR count). The van der Waals surface area contributed by atoms with E-state index in [4.69, 9.17) is 8.83 Å². The summed E-state index contributed by atoms with van der Waals surface area (Å²) >= 11 is 1.38. The van der Waals surface area contributed by atoms with Gasteiger partial charge in [-0.1, -0.05) is 24.3 Å². The molecule has 120 valence electrons. The molecule has 0 aliphatic carbocycles. The number of hydrogen-bond donors (Lipinski definition) is 0. The van der Waals surface area contributed by atoms with Gasteiger partial charge in [0.1, 0.15) is 16.0 Å². The number of rotatable bonds is 1. The Hall–Kier alpha value is -3.25. The molecule has 0 atom stereocenters. The number of hydrogen-bond acceptors (Lipinski definition) is 6. The van der Waals surface area contributed by atoms with Crippen LogP contribution in [0.1, 0.15) is 0 Å². The van der Waals surface area contributed by atoms with Crippen molar-refractivity contribution in [3.63, 3.8) is 0 Å². The molecule has 25 heavy (non-hydrogen) atoms.